The largest absolute Gasteiger partial charge is 0.447 e. The Hall–Kier alpha value is -5.16. The van der Waals surface area contributed by atoms with E-state index in [1.807, 2.05) is 0 Å². The van der Waals surface area contributed by atoms with Crippen LogP contribution in [0.1, 0.15) is 41.4 Å². The maximum Gasteiger partial charge on any atom is 0.350 e. The Kier molecular flexibility index (Phi) is 5.74. The fraction of sp³-hybridized carbons (Fsp3) is 0. The van der Waals surface area contributed by atoms with Gasteiger partial charge in [0.25, 0.3) is 0 Å². The van der Waals surface area contributed by atoms with Crippen molar-refractivity contribution in [2.24, 2.45) is 0 Å². The second-order valence-electron chi connectivity index (χ2n) is 7.51. The van der Waals surface area contributed by atoms with Crippen LogP contribution in [0.5, 0.6) is 23.0 Å². The van der Waals surface area contributed by atoms with Crippen LogP contribution in [0.15, 0.2) is 0 Å². The third-order valence-corrected chi connectivity index (χ3v) is 5.34. The summed E-state index contributed by atoms with van der Waals surface area (Å²) in [5.41, 5.74) is -6.32. The van der Waals surface area contributed by atoms with E-state index in [4.69, 9.17) is 0 Å². The summed E-state index contributed by atoms with van der Waals surface area (Å²) in [6.45, 7) is 0. The number of fused-ring (bicyclic) bond motifs is 2. The summed E-state index contributed by atoms with van der Waals surface area (Å²) in [6, 6.07) is 0. The van der Waals surface area contributed by atoms with Gasteiger partial charge in [-0.05, 0) is 0 Å². The van der Waals surface area contributed by atoms with Crippen molar-refractivity contribution in [3.05, 3.63) is 80.4 Å². The second kappa shape index (κ2) is 8.68. The number of ether oxygens (including phenoxy) is 4. The number of halogens is 10. The smallest absolute Gasteiger partial charge is 0.350 e. The molecule has 0 radical (unpaired) electrons. The van der Waals surface area contributed by atoms with Crippen molar-refractivity contribution < 1.29 is 82.0 Å². The van der Waals surface area contributed by atoms with E-state index in [1.165, 1.54) is 0 Å². The molecule has 0 unspecified atom stereocenters. The third-order valence-electron chi connectivity index (χ3n) is 5.34. The van der Waals surface area contributed by atoms with Crippen LogP contribution in [-0.4, -0.2) is 23.9 Å². The normalized spacial score (nSPS) is 13.8. The molecule has 0 amide bonds. The van der Waals surface area contributed by atoms with E-state index >= 15 is 0 Å². The molecule has 0 N–H and O–H groups in total. The first-order valence-corrected chi connectivity index (χ1v) is 9.84. The minimum Gasteiger partial charge on any atom is -0.447 e. The van der Waals surface area contributed by atoms with Crippen molar-refractivity contribution in [2.75, 3.05) is 0 Å². The van der Waals surface area contributed by atoms with Crippen LogP contribution in [0.25, 0.3) is 0 Å². The zero-order valence-electron chi connectivity index (χ0n) is 18.0. The van der Waals surface area contributed by atoms with Crippen molar-refractivity contribution in [2.45, 2.75) is 0 Å². The molecule has 2 aliphatic rings. The molecule has 3 aromatic carbocycles. The minimum atomic E-state index is -2.71. The van der Waals surface area contributed by atoms with Crippen LogP contribution in [0.2, 0.25) is 0 Å². The predicted molar refractivity (Wildman–Crippen MR) is 98.5 cm³/mol. The van der Waals surface area contributed by atoms with E-state index < -0.39 is 127 Å². The summed E-state index contributed by atoms with van der Waals surface area (Å²) in [6.07, 6.45) is 0. The van der Waals surface area contributed by atoms with Gasteiger partial charge in [-0.1, -0.05) is 0 Å². The number of carbonyl (C=O) groups is 4. The lowest BCUT2D eigenvalue weighted by molar-refractivity contribution is 0.0422. The van der Waals surface area contributed by atoms with E-state index in [9.17, 15) is 63.1 Å². The first kappa shape index (κ1) is 26.4. The van der Waals surface area contributed by atoms with Crippen LogP contribution in [0.3, 0.4) is 0 Å². The molecule has 0 saturated heterocycles. The Labute approximate surface area is 210 Å². The van der Waals surface area contributed by atoms with E-state index in [0.717, 1.165) is 0 Å². The average molecular weight is 582 g/mol. The maximum atomic E-state index is 14.8. The molecule has 18 heteroatoms. The molecule has 0 aliphatic carbocycles. The van der Waals surface area contributed by atoms with Crippen molar-refractivity contribution in [1.82, 2.24) is 0 Å². The number of carbonyl (C=O) groups excluding carboxylic acids is 4. The molecule has 40 heavy (non-hydrogen) atoms. The molecule has 5 rings (SSSR count). The summed E-state index contributed by atoms with van der Waals surface area (Å²) in [4.78, 5) is 46.8. The van der Waals surface area contributed by atoms with Crippen LogP contribution in [0.4, 0.5) is 43.9 Å². The van der Waals surface area contributed by atoms with Crippen LogP contribution < -0.4 is 9.47 Å². The molecule has 0 atom stereocenters. The Bertz CT molecular complexity index is 1630. The first-order valence-electron chi connectivity index (χ1n) is 9.84. The molecular weight excluding hydrogens is 582 g/mol. The van der Waals surface area contributed by atoms with E-state index in [1.54, 1.807) is 0 Å². The van der Waals surface area contributed by atoms with Gasteiger partial charge in [0.05, 0.1) is 0 Å². The molecule has 0 fully saturated rings. The van der Waals surface area contributed by atoms with Gasteiger partial charge in [0.15, 0.2) is 34.8 Å². The molecule has 2 aliphatic heterocycles. The Balaban J connectivity index is 1.67. The molecule has 3 aromatic rings. The number of cyclic esters (lactones) is 4. The lowest BCUT2D eigenvalue weighted by Crippen LogP contribution is -2.11. The fourth-order valence-corrected chi connectivity index (χ4v) is 3.59. The highest BCUT2D eigenvalue weighted by molar-refractivity contribution is 6.17. The SMILES string of the molecule is O=C1OC(=O)c2c(Oc3c(F)c(F)c(Oc4c(F)c(F)c(F)c5c4C(=O)OC5=O)c(F)c3F)c(F)c(F)c(F)c21. The van der Waals surface area contributed by atoms with Gasteiger partial charge in [-0.3, -0.25) is 0 Å². The van der Waals surface area contributed by atoms with Gasteiger partial charge in [-0.25, -0.2) is 36.7 Å². The summed E-state index contributed by atoms with van der Waals surface area (Å²) < 4.78 is 160. The molecule has 0 spiro atoms. The first-order chi connectivity index (χ1) is 18.7. The van der Waals surface area contributed by atoms with Crippen LogP contribution in [-0.2, 0) is 9.47 Å². The topological polar surface area (TPSA) is 105 Å². The van der Waals surface area contributed by atoms with Gasteiger partial charge in [0.1, 0.15) is 22.3 Å². The highest BCUT2D eigenvalue weighted by atomic mass is 19.2. The van der Waals surface area contributed by atoms with Gasteiger partial charge in [-0.15, -0.1) is 0 Å². The number of esters is 4. The number of benzene rings is 3. The predicted octanol–water partition coefficient (Wildman–Crippen LogP) is 5.28. The van der Waals surface area contributed by atoms with Gasteiger partial charge in [0, 0.05) is 0 Å². The number of rotatable bonds is 4. The zero-order valence-corrected chi connectivity index (χ0v) is 18.0. The zero-order chi connectivity index (χ0) is 29.5. The summed E-state index contributed by atoms with van der Waals surface area (Å²) >= 11 is 0. The third kappa shape index (κ3) is 3.41. The van der Waals surface area contributed by atoms with Crippen molar-refractivity contribution in [1.29, 1.82) is 0 Å². The average Bonchev–Trinajstić information content (AvgIpc) is 3.37. The molecule has 0 bridgehead atoms. The van der Waals surface area contributed by atoms with Crippen molar-refractivity contribution in [3.63, 3.8) is 0 Å². The molecule has 206 valence electrons. The van der Waals surface area contributed by atoms with Gasteiger partial charge < -0.3 is 18.9 Å². The highest BCUT2D eigenvalue weighted by Gasteiger charge is 2.44. The molecule has 0 aromatic heterocycles. The van der Waals surface area contributed by atoms with E-state index in [-0.39, 0.29) is 0 Å². The number of hydrogen-bond donors (Lipinski definition) is 0. The van der Waals surface area contributed by atoms with Crippen molar-refractivity contribution in [3.8, 4) is 23.0 Å². The minimum absolute atomic E-state index is 1.57. The lowest BCUT2D eigenvalue weighted by Gasteiger charge is -2.16. The van der Waals surface area contributed by atoms with Gasteiger partial charge in [0.2, 0.25) is 46.4 Å². The summed E-state index contributed by atoms with van der Waals surface area (Å²) in [5.74, 6) is -41.6. The second-order valence-corrected chi connectivity index (χ2v) is 7.51. The highest BCUT2D eigenvalue weighted by Crippen LogP contribution is 2.45. The Morgan fingerprint density at radius 3 is 0.875 bits per heavy atom. The lowest BCUT2D eigenvalue weighted by atomic mass is 10.1. The molecule has 2 heterocycles. The summed E-state index contributed by atoms with van der Waals surface area (Å²) in [5, 5.41) is 0. The quantitative estimate of drug-likeness (QED) is 0.135. The fourth-order valence-electron chi connectivity index (χ4n) is 3.59. The van der Waals surface area contributed by atoms with Gasteiger partial charge in [-0.2, -0.15) is 26.3 Å². The molecular formula is C22F10O8. The Morgan fingerprint density at radius 2 is 0.575 bits per heavy atom. The van der Waals surface area contributed by atoms with E-state index in [0.29, 0.717) is 0 Å². The summed E-state index contributed by atoms with van der Waals surface area (Å²) in [7, 11) is 0. The maximum absolute atomic E-state index is 14.8. The van der Waals surface area contributed by atoms with Crippen LogP contribution >= 0.6 is 0 Å². The monoisotopic (exact) mass is 582 g/mol. The number of hydrogen-bond acceptors (Lipinski definition) is 8. The molecule has 0 saturated carbocycles. The molecule has 8 nitrogen and oxygen atoms in total. The Morgan fingerprint density at radius 1 is 0.325 bits per heavy atom. The van der Waals surface area contributed by atoms with E-state index in [2.05, 4.69) is 18.9 Å². The van der Waals surface area contributed by atoms with Gasteiger partial charge >= 0.3 is 23.9 Å². The van der Waals surface area contributed by atoms with Crippen LogP contribution in [0, 0.1) is 58.2 Å². The standard InChI is InChI=1S/C22F10O8/c23-5-1-3(21(35)39-19(1)33)15(9(27)7(5)25)37-17-11(29)13(31)18(14(32)12(17)30)38-16-4-2(20(34)40-22(4)36)6(24)8(26)10(16)28. The van der Waals surface area contributed by atoms with Crippen molar-refractivity contribution >= 4 is 23.9 Å².